The van der Waals surface area contributed by atoms with Crippen LogP contribution in [0, 0.1) is 17.2 Å². The molecule has 1 saturated heterocycles. The van der Waals surface area contributed by atoms with Crippen molar-refractivity contribution in [2.45, 2.75) is 57.0 Å². The van der Waals surface area contributed by atoms with Crippen LogP contribution < -0.4 is 5.32 Å². The molecule has 0 amide bonds. The lowest BCUT2D eigenvalue weighted by Crippen LogP contribution is -2.51. The van der Waals surface area contributed by atoms with Gasteiger partial charge in [0.25, 0.3) is 0 Å². The number of nitrogens with zero attached hydrogens (tertiary/aromatic N) is 1. The molecule has 3 nitrogen and oxygen atoms in total. The van der Waals surface area contributed by atoms with Gasteiger partial charge >= 0.3 is 0 Å². The summed E-state index contributed by atoms with van der Waals surface area (Å²) in [6, 6.07) is 2.86. The molecule has 0 spiro atoms. The number of hydrogen-bond donors (Lipinski definition) is 1. The Hall–Kier alpha value is -0.590. The van der Waals surface area contributed by atoms with E-state index in [-0.39, 0.29) is 11.5 Å². The van der Waals surface area contributed by atoms with Crippen molar-refractivity contribution >= 4 is 0 Å². The van der Waals surface area contributed by atoms with Crippen LogP contribution in [0.1, 0.15) is 45.4 Å². The Morgan fingerprint density at radius 1 is 1.31 bits per heavy atom. The second-order valence-corrected chi connectivity index (χ2v) is 5.49. The van der Waals surface area contributed by atoms with Gasteiger partial charge in [0.15, 0.2) is 0 Å². The van der Waals surface area contributed by atoms with Gasteiger partial charge in [-0.15, -0.1) is 0 Å². The van der Waals surface area contributed by atoms with Gasteiger partial charge in [-0.2, -0.15) is 5.26 Å². The van der Waals surface area contributed by atoms with E-state index in [1.54, 1.807) is 0 Å². The average Bonchev–Trinajstić information content (AvgIpc) is 2.57. The Bertz CT molecular complexity index is 266. The third-order valence-corrected chi connectivity index (χ3v) is 3.93. The lowest BCUT2D eigenvalue weighted by molar-refractivity contribution is 0.161. The van der Waals surface area contributed by atoms with E-state index >= 15 is 0 Å². The first-order valence-corrected chi connectivity index (χ1v) is 6.49. The van der Waals surface area contributed by atoms with Gasteiger partial charge in [-0.25, -0.2) is 0 Å². The maximum atomic E-state index is 9.22. The van der Waals surface area contributed by atoms with Gasteiger partial charge < -0.3 is 10.1 Å². The molecule has 0 aromatic carbocycles. The van der Waals surface area contributed by atoms with Gasteiger partial charge in [0.1, 0.15) is 0 Å². The van der Waals surface area contributed by atoms with Crippen molar-refractivity contribution in [3.63, 3.8) is 0 Å². The van der Waals surface area contributed by atoms with Crippen molar-refractivity contribution in [2.75, 3.05) is 13.2 Å². The molecular weight excluding hydrogens is 200 g/mol. The highest BCUT2D eigenvalue weighted by Gasteiger charge is 2.34. The zero-order valence-electron chi connectivity index (χ0n) is 10.2. The van der Waals surface area contributed by atoms with Crippen LogP contribution in [0.5, 0.6) is 0 Å². The zero-order chi connectivity index (χ0) is 11.4. The molecular formula is C13H22N2O. The minimum Gasteiger partial charge on any atom is -0.379 e. The van der Waals surface area contributed by atoms with Gasteiger partial charge in [-0.1, -0.05) is 19.3 Å². The van der Waals surface area contributed by atoms with Crippen molar-refractivity contribution in [2.24, 2.45) is 5.92 Å². The topological polar surface area (TPSA) is 45.0 Å². The van der Waals surface area contributed by atoms with Crippen LogP contribution in [0.3, 0.4) is 0 Å². The van der Waals surface area contributed by atoms with E-state index in [1.807, 2.05) is 0 Å². The number of hydrogen-bond acceptors (Lipinski definition) is 3. The lowest BCUT2D eigenvalue weighted by atomic mass is 9.92. The molecule has 3 atom stereocenters. The van der Waals surface area contributed by atoms with Gasteiger partial charge in [0.05, 0.1) is 18.6 Å². The monoisotopic (exact) mass is 222 g/mol. The van der Waals surface area contributed by atoms with E-state index in [9.17, 15) is 5.26 Å². The van der Waals surface area contributed by atoms with Crippen molar-refractivity contribution < 1.29 is 4.74 Å². The summed E-state index contributed by atoms with van der Waals surface area (Å²) in [6.07, 6.45) is 7.03. The highest BCUT2D eigenvalue weighted by Crippen LogP contribution is 2.27. The average molecular weight is 222 g/mol. The van der Waals surface area contributed by atoms with Crippen molar-refractivity contribution in [1.29, 1.82) is 5.26 Å². The van der Waals surface area contributed by atoms with E-state index in [0.29, 0.717) is 6.04 Å². The number of rotatable bonds is 2. The van der Waals surface area contributed by atoms with Crippen molar-refractivity contribution in [1.82, 2.24) is 5.32 Å². The fourth-order valence-electron chi connectivity index (χ4n) is 2.86. The summed E-state index contributed by atoms with van der Waals surface area (Å²) >= 11 is 0. The molecule has 2 fully saturated rings. The first-order chi connectivity index (χ1) is 7.73. The maximum Gasteiger partial charge on any atom is 0.0672 e. The van der Waals surface area contributed by atoms with Crippen LogP contribution in [0.2, 0.25) is 0 Å². The van der Waals surface area contributed by atoms with Crippen LogP contribution in [0.25, 0.3) is 0 Å². The summed E-state index contributed by atoms with van der Waals surface area (Å²) in [6.45, 7) is 3.87. The predicted molar refractivity (Wildman–Crippen MR) is 63.0 cm³/mol. The first kappa shape index (κ1) is 11.9. The molecule has 3 heteroatoms. The predicted octanol–water partition coefficient (Wildman–Crippen LogP) is 2.23. The molecule has 1 aliphatic carbocycles. The molecule has 1 N–H and O–H groups in total. The van der Waals surface area contributed by atoms with E-state index < -0.39 is 0 Å². The first-order valence-electron chi connectivity index (χ1n) is 6.49. The Kier molecular flexibility index (Phi) is 3.83. The van der Waals surface area contributed by atoms with Gasteiger partial charge in [0.2, 0.25) is 0 Å². The number of ether oxygens (including phenoxy) is 1. The summed E-state index contributed by atoms with van der Waals surface area (Å²) < 4.78 is 5.46. The summed E-state index contributed by atoms with van der Waals surface area (Å²) in [5.41, 5.74) is 0.101. The summed E-state index contributed by atoms with van der Waals surface area (Å²) in [7, 11) is 0. The lowest BCUT2D eigenvalue weighted by Gasteiger charge is -2.32. The number of nitriles is 1. The quantitative estimate of drug-likeness (QED) is 0.729. The molecule has 0 aromatic rings. The molecule has 1 heterocycles. The Balaban J connectivity index is 1.97. The normalized spacial score (nSPS) is 40.2. The van der Waals surface area contributed by atoms with Gasteiger partial charge in [-0.05, 0) is 26.2 Å². The highest BCUT2D eigenvalue weighted by molar-refractivity contribution is 4.98. The zero-order valence-corrected chi connectivity index (χ0v) is 10.2. The molecule has 1 aliphatic heterocycles. The fourth-order valence-corrected chi connectivity index (χ4v) is 2.86. The Morgan fingerprint density at radius 2 is 2.12 bits per heavy atom. The third kappa shape index (κ3) is 2.75. The second-order valence-electron chi connectivity index (χ2n) is 5.49. The minimum absolute atomic E-state index is 0.101. The largest absolute Gasteiger partial charge is 0.379 e. The van der Waals surface area contributed by atoms with Crippen LogP contribution in [0.4, 0.5) is 0 Å². The molecule has 90 valence electrons. The van der Waals surface area contributed by atoms with E-state index in [2.05, 4.69) is 18.3 Å². The van der Waals surface area contributed by atoms with E-state index in [1.165, 1.54) is 19.3 Å². The minimum atomic E-state index is 0.101. The standard InChI is InChI=1S/C13H22N2O/c1-13(7-8-16-10-13)15-12-6-4-2-3-5-11(12)9-14/h11-12,15H,2-8,10H2,1H3. The molecule has 2 rings (SSSR count). The van der Waals surface area contributed by atoms with Crippen LogP contribution in [-0.2, 0) is 4.74 Å². The van der Waals surface area contributed by atoms with Crippen molar-refractivity contribution in [3.05, 3.63) is 0 Å². The van der Waals surface area contributed by atoms with Crippen LogP contribution in [0.15, 0.2) is 0 Å². The molecule has 0 radical (unpaired) electrons. The molecule has 0 aromatic heterocycles. The number of nitrogens with one attached hydrogen (secondary N) is 1. The highest BCUT2D eigenvalue weighted by atomic mass is 16.5. The molecule has 1 saturated carbocycles. The molecule has 2 aliphatic rings. The fraction of sp³-hybridized carbons (Fsp3) is 0.923. The summed E-state index contributed by atoms with van der Waals surface area (Å²) in [4.78, 5) is 0. The van der Waals surface area contributed by atoms with Crippen LogP contribution in [-0.4, -0.2) is 24.8 Å². The SMILES string of the molecule is CC1(NC2CCCCCC2C#N)CCOC1. The second kappa shape index (κ2) is 5.16. The van der Waals surface area contributed by atoms with E-state index in [4.69, 9.17) is 4.74 Å². The van der Waals surface area contributed by atoms with E-state index in [0.717, 1.165) is 32.5 Å². The molecule has 3 unspecified atom stereocenters. The summed E-state index contributed by atoms with van der Waals surface area (Å²) in [5, 5.41) is 12.9. The van der Waals surface area contributed by atoms with Gasteiger partial charge in [-0.3, -0.25) is 0 Å². The van der Waals surface area contributed by atoms with Crippen molar-refractivity contribution in [3.8, 4) is 6.07 Å². The summed E-state index contributed by atoms with van der Waals surface area (Å²) in [5.74, 6) is 0.194. The Labute approximate surface area is 98.2 Å². The molecule has 16 heavy (non-hydrogen) atoms. The smallest absolute Gasteiger partial charge is 0.0672 e. The van der Waals surface area contributed by atoms with Crippen LogP contribution >= 0.6 is 0 Å². The van der Waals surface area contributed by atoms with Gasteiger partial charge in [0, 0.05) is 18.2 Å². The maximum absolute atomic E-state index is 9.22. The molecule has 0 bridgehead atoms. The third-order valence-electron chi connectivity index (χ3n) is 3.93. The Morgan fingerprint density at radius 3 is 2.81 bits per heavy atom.